The summed E-state index contributed by atoms with van der Waals surface area (Å²) in [6.07, 6.45) is 2.08. The van der Waals surface area contributed by atoms with Crippen molar-refractivity contribution < 1.29 is 4.74 Å². The van der Waals surface area contributed by atoms with Crippen LogP contribution >= 0.6 is 0 Å². The van der Waals surface area contributed by atoms with Crippen molar-refractivity contribution in [1.29, 1.82) is 0 Å². The largest absolute Gasteiger partial charge is 0.496 e. The second kappa shape index (κ2) is 8.09. The molecule has 0 aliphatic carbocycles. The quantitative estimate of drug-likeness (QED) is 0.677. The zero-order valence-corrected chi connectivity index (χ0v) is 10.9. The van der Waals surface area contributed by atoms with Crippen LogP contribution in [0.25, 0.3) is 0 Å². The van der Waals surface area contributed by atoms with Crippen molar-refractivity contribution >= 4 is 0 Å². The molecule has 1 unspecified atom stereocenters. The highest BCUT2D eigenvalue weighted by molar-refractivity contribution is 5.33. The van der Waals surface area contributed by atoms with Crippen LogP contribution in [0.1, 0.15) is 18.9 Å². The Morgan fingerprint density at radius 3 is 2.82 bits per heavy atom. The molecule has 0 aromatic heterocycles. The van der Waals surface area contributed by atoms with Crippen LogP contribution in [0.2, 0.25) is 0 Å². The molecule has 1 atom stereocenters. The van der Waals surface area contributed by atoms with Gasteiger partial charge in [0.05, 0.1) is 7.11 Å². The SMILES string of the molecule is COc1ccccc1CCNCC(C)CCN. The monoisotopic (exact) mass is 236 g/mol. The number of hydrogen-bond donors (Lipinski definition) is 2. The molecule has 1 rings (SSSR count). The van der Waals surface area contributed by atoms with Crippen molar-refractivity contribution in [3.8, 4) is 5.75 Å². The predicted molar refractivity (Wildman–Crippen MR) is 72.4 cm³/mol. The summed E-state index contributed by atoms with van der Waals surface area (Å²) in [6.45, 7) is 5.01. The Morgan fingerprint density at radius 2 is 2.12 bits per heavy atom. The fourth-order valence-electron chi connectivity index (χ4n) is 1.87. The number of ether oxygens (including phenoxy) is 1. The minimum Gasteiger partial charge on any atom is -0.496 e. The van der Waals surface area contributed by atoms with Gasteiger partial charge in [0, 0.05) is 0 Å². The minimum absolute atomic E-state index is 0.651. The van der Waals surface area contributed by atoms with Crippen LogP contribution in [0.5, 0.6) is 5.75 Å². The van der Waals surface area contributed by atoms with Gasteiger partial charge in [-0.3, -0.25) is 0 Å². The molecule has 0 aliphatic rings. The molecular formula is C14H24N2O. The summed E-state index contributed by atoms with van der Waals surface area (Å²) in [5.41, 5.74) is 6.78. The lowest BCUT2D eigenvalue weighted by Crippen LogP contribution is -2.25. The molecule has 0 bridgehead atoms. The second-order valence-electron chi connectivity index (χ2n) is 4.45. The zero-order chi connectivity index (χ0) is 12.5. The van der Waals surface area contributed by atoms with Crippen molar-refractivity contribution in [3.05, 3.63) is 29.8 Å². The first kappa shape index (κ1) is 14.0. The normalized spacial score (nSPS) is 12.4. The second-order valence-corrected chi connectivity index (χ2v) is 4.45. The zero-order valence-electron chi connectivity index (χ0n) is 10.9. The topological polar surface area (TPSA) is 47.3 Å². The molecule has 0 amide bonds. The number of nitrogens with one attached hydrogen (secondary N) is 1. The maximum absolute atomic E-state index is 5.52. The highest BCUT2D eigenvalue weighted by atomic mass is 16.5. The molecular weight excluding hydrogens is 212 g/mol. The predicted octanol–water partition coefficient (Wildman–Crippen LogP) is 1.81. The number of para-hydroxylation sites is 1. The van der Waals surface area contributed by atoms with E-state index in [1.165, 1.54) is 5.56 Å². The van der Waals surface area contributed by atoms with Crippen LogP contribution in [0, 0.1) is 5.92 Å². The molecule has 1 aromatic rings. The number of hydrogen-bond acceptors (Lipinski definition) is 3. The lowest BCUT2D eigenvalue weighted by atomic mass is 10.1. The summed E-state index contributed by atoms with van der Waals surface area (Å²) >= 11 is 0. The summed E-state index contributed by atoms with van der Waals surface area (Å²) in [7, 11) is 1.72. The van der Waals surface area contributed by atoms with Gasteiger partial charge in [-0.05, 0) is 50.0 Å². The van der Waals surface area contributed by atoms with Crippen molar-refractivity contribution in [1.82, 2.24) is 5.32 Å². The fourth-order valence-corrected chi connectivity index (χ4v) is 1.87. The number of benzene rings is 1. The molecule has 3 heteroatoms. The van der Waals surface area contributed by atoms with Gasteiger partial charge >= 0.3 is 0 Å². The Morgan fingerprint density at radius 1 is 1.35 bits per heavy atom. The Balaban J connectivity index is 2.26. The maximum Gasteiger partial charge on any atom is 0.122 e. The summed E-state index contributed by atoms with van der Waals surface area (Å²) in [4.78, 5) is 0. The molecule has 0 radical (unpaired) electrons. The number of rotatable bonds is 8. The highest BCUT2D eigenvalue weighted by Gasteiger charge is 2.02. The van der Waals surface area contributed by atoms with Crippen LogP contribution in [0.15, 0.2) is 24.3 Å². The van der Waals surface area contributed by atoms with Gasteiger partial charge in [0.15, 0.2) is 0 Å². The van der Waals surface area contributed by atoms with E-state index in [2.05, 4.69) is 24.4 Å². The van der Waals surface area contributed by atoms with Gasteiger partial charge in [-0.1, -0.05) is 25.1 Å². The van der Waals surface area contributed by atoms with Gasteiger partial charge in [-0.15, -0.1) is 0 Å². The fraction of sp³-hybridized carbons (Fsp3) is 0.571. The molecule has 0 saturated heterocycles. The van der Waals surface area contributed by atoms with Crippen molar-refractivity contribution in [2.24, 2.45) is 11.7 Å². The van der Waals surface area contributed by atoms with E-state index >= 15 is 0 Å². The molecule has 0 fully saturated rings. The van der Waals surface area contributed by atoms with E-state index in [1.807, 2.05) is 12.1 Å². The summed E-state index contributed by atoms with van der Waals surface area (Å²) < 4.78 is 5.32. The molecule has 0 saturated carbocycles. The lowest BCUT2D eigenvalue weighted by molar-refractivity contribution is 0.408. The molecule has 1 aromatic carbocycles. The van der Waals surface area contributed by atoms with E-state index in [9.17, 15) is 0 Å². The smallest absolute Gasteiger partial charge is 0.122 e. The molecule has 17 heavy (non-hydrogen) atoms. The summed E-state index contributed by atoms with van der Waals surface area (Å²) in [5.74, 6) is 1.63. The Hall–Kier alpha value is -1.06. The average Bonchev–Trinajstić information content (AvgIpc) is 2.35. The molecule has 0 aliphatic heterocycles. The first-order valence-corrected chi connectivity index (χ1v) is 6.30. The van der Waals surface area contributed by atoms with Gasteiger partial charge in [-0.25, -0.2) is 0 Å². The lowest BCUT2D eigenvalue weighted by Gasteiger charge is -2.12. The molecule has 0 spiro atoms. The third-order valence-corrected chi connectivity index (χ3v) is 2.92. The number of methoxy groups -OCH3 is 1. The van der Waals surface area contributed by atoms with E-state index in [1.54, 1.807) is 7.11 Å². The first-order valence-electron chi connectivity index (χ1n) is 6.30. The van der Waals surface area contributed by atoms with Crippen LogP contribution in [0.4, 0.5) is 0 Å². The summed E-state index contributed by atoms with van der Waals surface area (Å²) in [6, 6.07) is 8.17. The van der Waals surface area contributed by atoms with E-state index in [0.29, 0.717) is 5.92 Å². The van der Waals surface area contributed by atoms with Crippen LogP contribution < -0.4 is 15.8 Å². The van der Waals surface area contributed by atoms with E-state index in [0.717, 1.165) is 38.2 Å². The molecule has 3 N–H and O–H groups in total. The highest BCUT2D eigenvalue weighted by Crippen LogP contribution is 2.17. The van der Waals surface area contributed by atoms with E-state index < -0.39 is 0 Å². The van der Waals surface area contributed by atoms with Gasteiger partial charge in [0.2, 0.25) is 0 Å². The van der Waals surface area contributed by atoms with E-state index in [4.69, 9.17) is 10.5 Å². The van der Waals surface area contributed by atoms with Crippen molar-refractivity contribution in [2.45, 2.75) is 19.8 Å². The Labute approximate surface area is 104 Å². The van der Waals surface area contributed by atoms with Crippen LogP contribution in [-0.2, 0) is 6.42 Å². The Bertz CT molecular complexity index is 315. The van der Waals surface area contributed by atoms with Crippen LogP contribution in [-0.4, -0.2) is 26.7 Å². The van der Waals surface area contributed by atoms with Crippen molar-refractivity contribution in [3.63, 3.8) is 0 Å². The molecule has 96 valence electrons. The van der Waals surface area contributed by atoms with Gasteiger partial charge < -0.3 is 15.8 Å². The maximum atomic E-state index is 5.52. The van der Waals surface area contributed by atoms with Gasteiger partial charge in [0.25, 0.3) is 0 Å². The average molecular weight is 236 g/mol. The third-order valence-electron chi connectivity index (χ3n) is 2.92. The van der Waals surface area contributed by atoms with E-state index in [-0.39, 0.29) is 0 Å². The van der Waals surface area contributed by atoms with Crippen molar-refractivity contribution in [2.75, 3.05) is 26.7 Å². The first-order chi connectivity index (χ1) is 8.27. The molecule has 3 nitrogen and oxygen atoms in total. The van der Waals surface area contributed by atoms with Gasteiger partial charge in [-0.2, -0.15) is 0 Å². The number of nitrogens with two attached hydrogens (primary N) is 1. The molecule has 0 heterocycles. The van der Waals surface area contributed by atoms with Gasteiger partial charge in [0.1, 0.15) is 5.75 Å². The standard InChI is InChI=1S/C14H24N2O/c1-12(7-9-15)11-16-10-8-13-5-3-4-6-14(13)17-2/h3-6,12,16H,7-11,15H2,1-2H3. The summed E-state index contributed by atoms with van der Waals surface area (Å²) in [5, 5.41) is 3.46. The minimum atomic E-state index is 0.651. The third kappa shape index (κ3) is 5.20. The Kier molecular flexibility index (Phi) is 6.67. The van der Waals surface area contributed by atoms with Crippen LogP contribution in [0.3, 0.4) is 0 Å².